The second kappa shape index (κ2) is 8.44. The van der Waals surface area contributed by atoms with Crippen LogP contribution in [0.25, 0.3) is 0 Å². The van der Waals surface area contributed by atoms with Crippen LogP contribution in [0.2, 0.25) is 0 Å². The van der Waals surface area contributed by atoms with Gasteiger partial charge in [-0.25, -0.2) is 0 Å². The van der Waals surface area contributed by atoms with E-state index in [0.717, 1.165) is 8.66 Å². The Kier molecular flexibility index (Phi) is 6.57. The maximum absolute atomic E-state index is 12.8. The molecule has 0 spiro atoms. The van der Waals surface area contributed by atoms with Crippen LogP contribution < -0.4 is 5.32 Å². The molecule has 1 unspecified atom stereocenters. The smallest absolute Gasteiger partial charge is 0.251 e. The van der Waals surface area contributed by atoms with Gasteiger partial charge in [0.05, 0.1) is 10.3 Å². The molecule has 0 aliphatic heterocycles. The lowest BCUT2D eigenvalue weighted by molar-refractivity contribution is -0.133. The minimum atomic E-state index is -0.550. The quantitative estimate of drug-likeness (QED) is 0.786. The summed E-state index contributed by atoms with van der Waals surface area (Å²) in [5.41, 5.74) is 0.556. The third-order valence-electron chi connectivity index (χ3n) is 3.65. The van der Waals surface area contributed by atoms with Gasteiger partial charge in [0.2, 0.25) is 5.91 Å². The summed E-state index contributed by atoms with van der Waals surface area (Å²) in [6.07, 6.45) is 0. The molecule has 6 heteroatoms. The third kappa shape index (κ3) is 4.92. The van der Waals surface area contributed by atoms with Crippen LogP contribution in [0, 0.1) is 5.92 Å². The van der Waals surface area contributed by atoms with E-state index < -0.39 is 6.04 Å². The molecule has 2 aromatic rings. The first kappa shape index (κ1) is 18.7. The summed E-state index contributed by atoms with van der Waals surface area (Å²) in [5, 5.41) is 2.87. The van der Waals surface area contributed by atoms with Gasteiger partial charge < -0.3 is 10.2 Å². The Hall–Kier alpha value is -1.66. The van der Waals surface area contributed by atoms with Crippen molar-refractivity contribution in [2.45, 2.75) is 26.4 Å². The van der Waals surface area contributed by atoms with Gasteiger partial charge in [-0.15, -0.1) is 11.3 Å². The van der Waals surface area contributed by atoms with Crippen molar-refractivity contribution in [2.75, 3.05) is 7.05 Å². The van der Waals surface area contributed by atoms with Crippen molar-refractivity contribution in [1.82, 2.24) is 10.2 Å². The highest BCUT2D eigenvalue weighted by Crippen LogP contribution is 2.23. The molecule has 1 heterocycles. The SMILES string of the molecule is CC(C)C(NC(=O)c1ccccc1)C(=O)N(C)Cc1ccc(Br)s1. The molecule has 0 saturated heterocycles. The highest BCUT2D eigenvalue weighted by Gasteiger charge is 2.27. The number of likely N-dealkylation sites (N-methyl/N-ethyl adjacent to an activating group) is 1. The zero-order valence-electron chi connectivity index (χ0n) is 14.0. The van der Waals surface area contributed by atoms with Crippen molar-refractivity contribution in [3.8, 4) is 0 Å². The van der Waals surface area contributed by atoms with Gasteiger partial charge >= 0.3 is 0 Å². The van der Waals surface area contributed by atoms with E-state index in [0.29, 0.717) is 12.1 Å². The molecule has 1 N–H and O–H groups in total. The summed E-state index contributed by atoms with van der Waals surface area (Å²) in [5.74, 6) is -0.309. The number of nitrogens with zero attached hydrogens (tertiary/aromatic N) is 1. The van der Waals surface area contributed by atoms with Gasteiger partial charge in [-0.3, -0.25) is 9.59 Å². The Morgan fingerprint density at radius 3 is 2.38 bits per heavy atom. The molecular weight excluding hydrogens is 388 g/mol. The number of halogens is 1. The van der Waals surface area contributed by atoms with Gasteiger partial charge in [0.25, 0.3) is 5.91 Å². The minimum absolute atomic E-state index is 0.00249. The summed E-state index contributed by atoms with van der Waals surface area (Å²) in [6.45, 7) is 4.40. The molecule has 2 rings (SSSR count). The van der Waals surface area contributed by atoms with Gasteiger partial charge in [-0.05, 0) is 46.1 Å². The molecule has 0 aliphatic carbocycles. The molecule has 1 aromatic carbocycles. The standard InChI is InChI=1S/C18H21BrN2O2S/c1-12(2)16(20-17(22)13-7-5-4-6-8-13)18(23)21(3)11-14-9-10-15(19)24-14/h4-10,12,16H,11H2,1-3H3,(H,20,22). The van der Waals surface area contributed by atoms with E-state index in [1.807, 2.05) is 44.2 Å². The molecule has 0 bridgehead atoms. The van der Waals surface area contributed by atoms with Crippen LogP contribution >= 0.6 is 27.3 Å². The number of hydrogen-bond donors (Lipinski definition) is 1. The number of thiophene rings is 1. The number of carbonyl (C=O) groups is 2. The van der Waals surface area contributed by atoms with Crippen LogP contribution in [-0.4, -0.2) is 29.8 Å². The Morgan fingerprint density at radius 1 is 1.17 bits per heavy atom. The van der Waals surface area contributed by atoms with Crippen molar-refractivity contribution >= 4 is 39.1 Å². The normalized spacial score (nSPS) is 12.0. The first-order valence-electron chi connectivity index (χ1n) is 7.73. The fourth-order valence-corrected chi connectivity index (χ4v) is 3.85. The molecule has 0 saturated carbocycles. The van der Waals surface area contributed by atoms with Crippen LogP contribution in [0.1, 0.15) is 29.1 Å². The number of nitrogens with one attached hydrogen (secondary N) is 1. The lowest BCUT2D eigenvalue weighted by Crippen LogP contribution is -2.49. The van der Waals surface area contributed by atoms with Gasteiger partial charge in [0, 0.05) is 17.5 Å². The number of rotatable bonds is 6. The van der Waals surface area contributed by atoms with E-state index in [-0.39, 0.29) is 17.7 Å². The molecule has 1 aromatic heterocycles. The second-order valence-electron chi connectivity index (χ2n) is 5.96. The van der Waals surface area contributed by atoms with E-state index in [1.54, 1.807) is 35.4 Å². The van der Waals surface area contributed by atoms with Crippen molar-refractivity contribution in [3.05, 3.63) is 56.7 Å². The van der Waals surface area contributed by atoms with E-state index in [4.69, 9.17) is 0 Å². The third-order valence-corrected chi connectivity index (χ3v) is 5.26. The van der Waals surface area contributed by atoms with Crippen LogP contribution in [0.4, 0.5) is 0 Å². The molecule has 128 valence electrons. The summed E-state index contributed by atoms with van der Waals surface area (Å²) in [4.78, 5) is 27.9. The Balaban J connectivity index is 2.05. The number of carbonyl (C=O) groups excluding carboxylic acids is 2. The summed E-state index contributed by atoms with van der Waals surface area (Å²) < 4.78 is 1.04. The van der Waals surface area contributed by atoms with Crippen molar-refractivity contribution in [3.63, 3.8) is 0 Å². The summed E-state index contributed by atoms with van der Waals surface area (Å²) >= 11 is 5.03. The molecule has 1 atom stereocenters. The molecule has 0 aliphatic rings. The predicted molar refractivity (Wildman–Crippen MR) is 101 cm³/mol. The van der Waals surface area contributed by atoms with Gasteiger partial charge in [0.1, 0.15) is 6.04 Å². The van der Waals surface area contributed by atoms with Crippen molar-refractivity contribution < 1.29 is 9.59 Å². The van der Waals surface area contributed by atoms with Gasteiger partial charge in [-0.2, -0.15) is 0 Å². The van der Waals surface area contributed by atoms with Crippen LogP contribution in [0.3, 0.4) is 0 Å². The Morgan fingerprint density at radius 2 is 1.83 bits per heavy atom. The van der Waals surface area contributed by atoms with Crippen molar-refractivity contribution in [2.24, 2.45) is 5.92 Å². The van der Waals surface area contributed by atoms with Gasteiger partial charge in [0.15, 0.2) is 0 Å². The first-order valence-corrected chi connectivity index (χ1v) is 9.34. The lowest BCUT2D eigenvalue weighted by Gasteiger charge is -2.27. The Labute approximate surface area is 155 Å². The number of amides is 2. The summed E-state index contributed by atoms with van der Waals surface area (Å²) in [6, 6.07) is 12.4. The lowest BCUT2D eigenvalue weighted by atomic mass is 10.0. The monoisotopic (exact) mass is 408 g/mol. The maximum Gasteiger partial charge on any atom is 0.251 e. The van der Waals surface area contributed by atoms with E-state index >= 15 is 0 Å². The molecule has 4 nitrogen and oxygen atoms in total. The molecular formula is C18H21BrN2O2S. The summed E-state index contributed by atoms with van der Waals surface area (Å²) in [7, 11) is 1.76. The zero-order valence-corrected chi connectivity index (χ0v) is 16.4. The van der Waals surface area contributed by atoms with E-state index in [1.165, 1.54) is 0 Å². The zero-order chi connectivity index (χ0) is 17.7. The molecule has 0 radical (unpaired) electrons. The van der Waals surface area contributed by atoms with Crippen molar-refractivity contribution in [1.29, 1.82) is 0 Å². The van der Waals surface area contributed by atoms with E-state index in [9.17, 15) is 9.59 Å². The highest BCUT2D eigenvalue weighted by molar-refractivity contribution is 9.11. The topological polar surface area (TPSA) is 49.4 Å². The molecule has 0 fully saturated rings. The fraction of sp³-hybridized carbons (Fsp3) is 0.333. The van der Waals surface area contributed by atoms with Gasteiger partial charge in [-0.1, -0.05) is 32.0 Å². The molecule has 2 amide bonds. The average molecular weight is 409 g/mol. The minimum Gasteiger partial charge on any atom is -0.340 e. The maximum atomic E-state index is 12.8. The average Bonchev–Trinajstić information content (AvgIpc) is 2.97. The number of hydrogen-bond acceptors (Lipinski definition) is 3. The second-order valence-corrected chi connectivity index (χ2v) is 8.51. The highest BCUT2D eigenvalue weighted by atomic mass is 79.9. The van der Waals surface area contributed by atoms with Crippen LogP contribution in [-0.2, 0) is 11.3 Å². The molecule has 24 heavy (non-hydrogen) atoms. The Bertz CT molecular complexity index is 700. The predicted octanol–water partition coefficient (Wildman–Crippen LogP) is 3.92. The number of benzene rings is 1. The first-order chi connectivity index (χ1) is 11.4. The van der Waals surface area contributed by atoms with Crippen LogP contribution in [0.15, 0.2) is 46.3 Å². The largest absolute Gasteiger partial charge is 0.340 e. The van der Waals surface area contributed by atoms with E-state index in [2.05, 4.69) is 21.2 Å². The van der Waals surface area contributed by atoms with Crippen LogP contribution in [0.5, 0.6) is 0 Å². The fourth-order valence-electron chi connectivity index (χ4n) is 2.31.